The minimum Gasteiger partial charge on any atom is -0.481 e. The molecule has 0 aliphatic carbocycles. The molecular formula is C12H14Br2N2O2. The third-order valence-electron chi connectivity index (χ3n) is 3.26. The molecule has 1 aliphatic rings. The maximum atomic E-state index is 11.1. The maximum Gasteiger partial charge on any atom is 0.308 e. The zero-order valence-corrected chi connectivity index (χ0v) is 13.1. The van der Waals surface area contributed by atoms with Crippen molar-refractivity contribution < 1.29 is 9.90 Å². The first-order chi connectivity index (χ1) is 8.47. The maximum absolute atomic E-state index is 11.1. The van der Waals surface area contributed by atoms with E-state index in [4.69, 9.17) is 5.11 Å². The van der Waals surface area contributed by atoms with E-state index in [9.17, 15) is 4.79 Å². The molecule has 0 aromatic carbocycles. The van der Waals surface area contributed by atoms with Crippen molar-refractivity contribution in [1.29, 1.82) is 0 Å². The third-order valence-corrected chi connectivity index (χ3v) is 4.38. The van der Waals surface area contributed by atoms with Crippen molar-refractivity contribution in [3.8, 4) is 0 Å². The van der Waals surface area contributed by atoms with Crippen LogP contribution in [-0.2, 0) is 11.3 Å². The Morgan fingerprint density at radius 3 is 2.83 bits per heavy atom. The Morgan fingerprint density at radius 2 is 2.28 bits per heavy atom. The molecule has 0 amide bonds. The second kappa shape index (κ2) is 5.67. The molecule has 1 fully saturated rings. The molecule has 0 spiro atoms. The Morgan fingerprint density at radius 1 is 1.56 bits per heavy atom. The normalized spacial score (nSPS) is 24.4. The van der Waals surface area contributed by atoms with Crippen LogP contribution in [0, 0.1) is 11.8 Å². The van der Waals surface area contributed by atoms with E-state index < -0.39 is 5.97 Å². The molecule has 1 saturated heterocycles. The smallest absolute Gasteiger partial charge is 0.308 e. The summed E-state index contributed by atoms with van der Waals surface area (Å²) in [6.45, 7) is 4.08. The summed E-state index contributed by atoms with van der Waals surface area (Å²) in [6, 6.07) is 1.95. The number of nitrogens with zero attached hydrogens (tertiary/aromatic N) is 2. The summed E-state index contributed by atoms with van der Waals surface area (Å²) >= 11 is 6.84. The molecule has 98 valence electrons. The van der Waals surface area contributed by atoms with Crippen molar-refractivity contribution in [1.82, 2.24) is 9.88 Å². The summed E-state index contributed by atoms with van der Waals surface area (Å²) in [5.74, 6) is -0.774. The van der Waals surface area contributed by atoms with Crippen LogP contribution in [-0.4, -0.2) is 34.0 Å². The molecule has 0 saturated carbocycles. The summed E-state index contributed by atoms with van der Waals surface area (Å²) < 4.78 is 1.87. The molecule has 4 nitrogen and oxygen atoms in total. The van der Waals surface area contributed by atoms with E-state index in [1.807, 2.05) is 13.0 Å². The largest absolute Gasteiger partial charge is 0.481 e. The van der Waals surface area contributed by atoms with Gasteiger partial charge in [0.25, 0.3) is 0 Å². The number of rotatable bonds is 3. The molecule has 0 radical (unpaired) electrons. The molecule has 6 heteroatoms. The van der Waals surface area contributed by atoms with Crippen molar-refractivity contribution in [3.63, 3.8) is 0 Å². The lowest BCUT2D eigenvalue weighted by Crippen LogP contribution is -2.23. The number of halogens is 2. The summed E-state index contributed by atoms with van der Waals surface area (Å²) in [5, 5.41) is 9.10. The number of carboxylic acids is 1. The number of likely N-dealkylation sites (tertiary alicyclic amines) is 1. The molecule has 2 rings (SSSR count). The van der Waals surface area contributed by atoms with Crippen LogP contribution in [0.5, 0.6) is 0 Å². The van der Waals surface area contributed by atoms with Crippen molar-refractivity contribution in [2.45, 2.75) is 13.5 Å². The van der Waals surface area contributed by atoms with Gasteiger partial charge in [-0.05, 0) is 43.8 Å². The zero-order valence-electron chi connectivity index (χ0n) is 9.94. The van der Waals surface area contributed by atoms with E-state index >= 15 is 0 Å². The zero-order chi connectivity index (χ0) is 13.3. The van der Waals surface area contributed by atoms with E-state index in [-0.39, 0.29) is 11.8 Å². The van der Waals surface area contributed by atoms with Gasteiger partial charge in [-0.3, -0.25) is 14.7 Å². The number of carboxylic acid groups (broad SMARTS) is 1. The summed E-state index contributed by atoms with van der Waals surface area (Å²) in [7, 11) is 0. The predicted octanol–water partition coefficient (Wildman–Crippen LogP) is 2.76. The van der Waals surface area contributed by atoms with Gasteiger partial charge in [0.1, 0.15) is 0 Å². The summed E-state index contributed by atoms with van der Waals surface area (Å²) in [6.07, 6.45) is 1.76. The Hall–Kier alpha value is -0.460. The second-order valence-electron chi connectivity index (χ2n) is 4.70. The van der Waals surface area contributed by atoms with Gasteiger partial charge in [0.2, 0.25) is 0 Å². The van der Waals surface area contributed by atoms with Gasteiger partial charge < -0.3 is 5.11 Å². The van der Waals surface area contributed by atoms with Gasteiger partial charge in [0.15, 0.2) is 0 Å². The lowest BCUT2D eigenvalue weighted by molar-refractivity contribution is -0.142. The first kappa shape index (κ1) is 14.0. The van der Waals surface area contributed by atoms with E-state index in [1.54, 1.807) is 6.20 Å². The fraction of sp³-hybridized carbons (Fsp3) is 0.500. The van der Waals surface area contributed by atoms with E-state index in [2.05, 4.69) is 41.7 Å². The molecule has 1 aromatic heterocycles. The standard InChI is InChI=1S/C12H14Br2N2O2/c1-7-4-16(5-9(7)12(17)18)6-11-10(14)2-8(13)3-15-11/h2-3,7,9H,4-6H2,1H3,(H,17,18). The van der Waals surface area contributed by atoms with Gasteiger partial charge in [0.05, 0.1) is 11.6 Å². The monoisotopic (exact) mass is 376 g/mol. The SMILES string of the molecule is CC1CN(Cc2ncc(Br)cc2Br)CC1C(=O)O. The molecular weight excluding hydrogens is 364 g/mol. The van der Waals surface area contributed by atoms with Gasteiger partial charge in [-0.15, -0.1) is 0 Å². The van der Waals surface area contributed by atoms with Crippen LogP contribution in [0.1, 0.15) is 12.6 Å². The Labute approximate surface area is 123 Å². The van der Waals surface area contributed by atoms with Crippen molar-refractivity contribution in [2.24, 2.45) is 11.8 Å². The van der Waals surface area contributed by atoms with Crippen LogP contribution in [0.2, 0.25) is 0 Å². The molecule has 2 atom stereocenters. The van der Waals surface area contributed by atoms with Crippen molar-refractivity contribution >= 4 is 37.8 Å². The number of aliphatic carboxylic acids is 1. The lowest BCUT2D eigenvalue weighted by atomic mass is 9.99. The number of carbonyl (C=O) groups is 1. The predicted molar refractivity (Wildman–Crippen MR) is 75.2 cm³/mol. The second-order valence-corrected chi connectivity index (χ2v) is 6.47. The Bertz CT molecular complexity index is 467. The molecule has 1 N–H and O–H groups in total. The van der Waals surface area contributed by atoms with Crippen LogP contribution in [0.15, 0.2) is 21.2 Å². The molecule has 1 aliphatic heterocycles. The van der Waals surface area contributed by atoms with Crippen LogP contribution in [0.4, 0.5) is 0 Å². The van der Waals surface area contributed by atoms with Crippen molar-refractivity contribution in [2.75, 3.05) is 13.1 Å². The summed E-state index contributed by atoms with van der Waals surface area (Å²) in [5.41, 5.74) is 0.941. The molecule has 1 aromatic rings. The lowest BCUT2D eigenvalue weighted by Gasteiger charge is -2.15. The average Bonchev–Trinajstić information content (AvgIpc) is 2.64. The average molecular weight is 378 g/mol. The first-order valence-electron chi connectivity index (χ1n) is 5.72. The van der Waals surface area contributed by atoms with Gasteiger partial charge in [-0.1, -0.05) is 6.92 Å². The first-order valence-corrected chi connectivity index (χ1v) is 7.31. The number of hydrogen-bond donors (Lipinski definition) is 1. The number of aromatic nitrogens is 1. The number of hydrogen-bond acceptors (Lipinski definition) is 3. The van der Waals surface area contributed by atoms with Crippen LogP contribution < -0.4 is 0 Å². The minimum absolute atomic E-state index is 0.191. The van der Waals surface area contributed by atoms with Gasteiger partial charge in [0, 0.05) is 34.8 Å². The fourth-order valence-electron chi connectivity index (χ4n) is 2.29. The Kier molecular flexibility index (Phi) is 4.40. The molecule has 2 unspecified atom stereocenters. The molecule has 0 bridgehead atoms. The van der Waals surface area contributed by atoms with Crippen molar-refractivity contribution in [3.05, 3.63) is 26.9 Å². The number of pyridine rings is 1. The van der Waals surface area contributed by atoms with Crippen LogP contribution in [0.25, 0.3) is 0 Å². The highest BCUT2D eigenvalue weighted by Gasteiger charge is 2.34. The molecule has 2 heterocycles. The van der Waals surface area contributed by atoms with Crippen LogP contribution >= 0.6 is 31.9 Å². The third kappa shape index (κ3) is 3.10. The van der Waals surface area contributed by atoms with E-state index in [0.717, 1.165) is 21.2 Å². The van der Waals surface area contributed by atoms with Gasteiger partial charge in [-0.25, -0.2) is 0 Å². The van der Waals surface area contributed by atoms with Gasteiger partial charge >= 0.3 is 5.97 Å². The van der Waals surface area contributed by atoms with Gasteiger partial charge in [-0.2, -0.15) is 0 Å². The Balaban J connectivity index is 2.05. The molecule has 18 heavy (non-hydrogen) atoms. The topological polar surface area (TPSA) is 53.4 Å². The quantitative estimate of drug-likeness (QED) is 0.879. The van der Waals surface area contributed by atoms with E-state index in [0.29, 0.717) is 13.1 Å². The van der Waals surface area contributed by atoms with Crippen LogP contribution in [0.3, 0.4) is 0 Å². The highest BCUT2D eigenvalue weighted by Crippen LogP contribution is 2.27. The highest BCUT2D eigenvalue weighted by atomic mass is 79.9. The fourth-order valence-corrected chi connectivity index (χ4v) is 3.40. The summed E-state index contributed by atoms with van der Waals surface area (Å²) in [4.78, 5) is 17.6. The van der Waals surface area contributed by atoms with E-state index in [1.165, 1.54) is 0 Å². The minimum atomic E-state index is -0.701. The highest BCUT2D eigenvalue weighted by molar-refractivity contribution is 9.11.